The molecule has 112 valence electrons. The maximum absolute atomic E-state index is 6.08. The van der Waals surface area contributed by atoms with Gasteiger partial charge in [0.15, 0.2) is 0 Å². The second-order valence-electron chi connectivity index (χ2n) is 5.72. The van der Waals surface area contributed by atoms with Crippen LogP contribution in [-0.2, 0) is 0 Å². The molecular weight excluding hydrogens is 262 g/mol. The van der Waals surface area contributed by atoms with Crippen LogP contribution in [0.3, 0.4) is 0 Å². The van der Waals surface area contributed by atoms with Crippen LogP contribution in [0.5, 0.6) is 0 Å². The number of aromatic nitrogens is 3. The van der Waals surface area contributed by atoms with Crippen molar-refractivity contribution >= 4 is 5.69 Å². The van der Waals surface area contributed by atoms with Gasteiger partial charge in [-0.1, -0.05) is 6.92 Å². The van der Waals surface area contributed by atoms with Crippen LogP contribution in [0.2, 0.25) is 0 Å². The first-order chi connectivity index (χ1) is 10.3. The zero-order valence-electron chi connectivity index (χ0n) is 12.6. The molecule has 0 spiro atoms. The smallest absolute Gasteiger partial charge is 0.0953 e. The lowest BCUT2D eigenvalue weighted by atomic mass is 10.0. The van der Waals surface area contributed by atoms with E-state index in [-0.39, 0.29) is 0 Å². The summed E-state index contributed by atoms with van der Waals surface area (Å²) >= 11 is 0. The normalized spacial score (nSPS) is 17.2. The lowest BCUT2D eigenvalue weighted by molar-refractivity contribution is 0.187. The highest BCUT2D eigenvalue weighted by Crippen LogP contribution is 2.30. The molecule has 1 fully saturated rings. The lowest BCUT2D eigenvalue weighted by Crippen LogP contribution is -2.35. The molecule has 0 amide bonds. The summed E-state index contributed by atoms with van der Waals surface area (Å²) in [6.45, 7) is 5.78. The van der Waals surface area contributed by atoms with Crippen molar-refractivity contribution in [3.8, 4) is 11.3 Å². The summed E-state index contributed by atoms with van der Waals surface area (Å²) in [6, 6.07) is 2.35. The average molecular weight is 285 g/mol. The standard InChI is InChI=1S/C16H23N5/c1-2-7-20-8-4-13(5-9-20)21-12-19-11-16(21)14-10-18-6-3-15(14)17/h3,6,10-13H,2,4-5,7-9H2,1H3,(H2,17,18). The number of piperidine rings is 1. The van der Waals surface area contributed by atoms with E-state index in [4.69, 9.17) is 5.73 Å². The zero-order valence-corrected chi connectivity index (χ0v) is 12.6. The molecule has 0 atom stereocenters. The van der Waals surface area contributed by atoms with Crippen LogP contribution in [0.1, 0.15) is 32.2 Å². The number of rotatable bonds is 4. The van der Waals surface area contributed by atoms with E-state index in [1.807, 2.05) is 24.8 Å². The molecule has 0 aromatic carbocycles. The molecule has 0 aliphatic carbocycles. The topological polar surface area (TPSA) is 60.0 Å². The Morgan fingerprint density at radius 2 is 2.05 bits per heavy atom. The summed E-state index contributed by atoms with van der Waals surface area (Å²) in [5, 5.41) is 0. The Morgan fingerprint density at radius 1 is 1.24 bits per heavy atom. The largest absolute Gasteiger partial charge is 0.398 e. The number of nitrogens with two attached hydrogens (primary N) is 1. The van der Waals surface area contributed by atoms with E-state index in [2.05, 4.69) is 26.4 Å². The van der Waals surface area contributed by atoms with Gasteiger partial charge in [-0.2, -0.15) is 0 Å². The van der Waals surface area contributed by atoms with Crippen molar-refractivity contribution in [2.24, 2.45) is 0 Å². The lowest BCUT2D eigenvalue weighted by Gasteiger charge is -2.33. The Hall–Kier alpha value is -1.88. The predicted octanol–water partition coefficient (Wildman–Crippen LogP) is 2.57. The van der Waals surface area contributed by atoms with Gasteiger partial charge in [0.2, 0.25) is 0 Å². The number of hydrogen-bond donors (Lipinski definition) is 1. The highest BCUT2D eigenvalue weighted by molar-refractivity contribution is 5.72. The van der Waals surface area contributed by atoms with Crippen molar-refractivity contribution < 1.29 is 0 Å². The molecule has 1 aliphatic heterocycles. The van der Waals surface area contributed by atoms with Gasteiger partial charge < -0.3 is 15.2 Å². The van der Waals surface area contributed by atoms with Gasteiger partial charge >= 0.3 is 0 Å². The van der Waals surface area contributed by atoms with E-state index in [1.54, 1.807) is 6.20 Å². The van der Waals surface area contributed by atoms with Gasteiger partial charge in [-0.3, -0.25) is 4.98 Å². The first-order valence-electron chi connectivity index (χ1n) is 7.73. The Bertz CT molecular complexity index is 584. The summed E-state index contributed by atoms with van der Waals surface area (Å²) in [6.07, 6.45) is 11.0. The molecule has 21 heavy (non-hydrogen) atoms. The van der Waals surface area contributed by atoms with Gasteiger partial charge in [-0.25, -0.2) is 4.98 Å². The Balaban J connectivity index is 1.79. The summed E-state index contributed by atoms with van der Waals surface area (Å²) in [4.78, 5) is 11.1. The predicted molar refractivity (Wildman–Crippen MR) is 84.9 cm³/mol. The zero-order chi connectivity index (χ0) is 14.7. The molecule has 1 saturated heterocycles. The Kier molecular flexibility index (Phi) is 4.20. The molecule has 0 bridgehead atoms. The van der Waals surface area contributed by atoms with Gasteiger partial charge in [0, 0.05) is 42.8 Å². The molecule has 1 aliphatic rings. The van der Waals surface area contributed by atoms with E-state index in [1.165, 1.54) is 38.9 Å². The summed E-state index contributed by atoms with van der Waals surface area (Å²) in [5.41, 5.74) is 8.90. The van der Waals surface area contributed by atoms with Crippen molar-refractivity contribution in [3.05, 3.63) is 31.0 Å². The number of nitrogens with zero attached hydrogens (tertiary/aromatic N) is 4. The van der Waals surface area contributed by atoms with Gasteiger partial charge in [0.05, 0.1) is 18.2 Å². The fourth-order valence-corrected chi connectivity index (χ4v) is 3.16. The number of likely N-dealkylation sites (tertiary alicyclic amines) is 1. The maximum Gasteiger partial charge on any atom is 0.0953 e. The molecule has 0 saturated carbocycles. The monoisotopic (exact) mass is 285 g/mol. The SMILES string of the molecule is CCCN1CCC(n2cncc2-c2cnccc2N)CC1. The highest BCUT2D eigenvalue weighted by atomic mass is 15.2. The minimum atomic E-state index is 0.509. The van der Waals surface area contributed by atoms with Crippen LogP contribution in [0.15, 0.2) is 31.0 Å². The summed E-state index contributed by atoms with van der Waals surface area (Å²) in [5.74, 6) is 0. The molecule has 0 radical (unpaired) electrons. The van der Waals surface area contributed by atoms with Crippen LogP contribution in [0.4, 0.5) is 5.69 Å². The molecule has 3 rings (SSSR count). The van der Waals surface area contributed by atoms with Crippen molar-refractivity contribution in [1.29, 1.82) is 0 Å². The van der Waals surface area contributed by atoms with Crippen LogP contribution in [0, 0.1) is 0 Å². The van der Waals surface area contributed by atoms with Gasteiger partial charge in [0.25, 0.3) is 0 Å². The number of nitrogen functional groups attached to an aromatic ring is 1. The maximum atomic E-state index is 6.08. The van der Waals surface area contributed by atoms with E-state index in [0.717, 1.165) is 16.9 Å². The fourth-order valence-electron chi connectivity index (χ4n) is 3.16. The summed E-state index contributed by atoms with van der Waals surface area (Å²) in [7, 11) is 0. The second-order valence-corrected chi connectivity index (χ2v) is 5.72. The van der Waals surface area contributed by atoms with Gasteiger partial charge in [0.1, 0.15) is 0 Å². The quantitative estimate of drug-likeness (QED) is 0.938. The van der Waals surface area contributed by atoms with Gasteiger partial charge in [-0.15, -0.1) is 0 Å². The Morgan fingerprint density at radius 3 is 2.76 bits per heavy atom. The average Bonchev–Trinajstić information content (AvgIpc) is 2.98. The molecule has 0 unspecified atom stereocenters. The third-order valence-electron chi connectivity index (χ3n) is 4.29. The van der Waals surface area contributed by atoms with E-state index < -0.39 is 0 Å². The van der Waals surface area contributed by atoms with Crippen molar-refractivity contribution in [1.82, 2.24) is 19.4 Å². The molecular formula is C16H23N5. The Labute approximate surface area is 125 Å². The first kappa shape index (κ1) is 14.1. The van der Waals surface area contributed by atoms with Crippen LogP contribution >= 0.6 is 0 Å². The fraction of sp³-hybridized carbons (Fsp3) is 0.500. The number of hydrogen-bond acceptors (Lipinski definition) is 4. The minimum absolute atomic E-state index is 0.509. The molecule has 2 aromatic rings. The van der Waals surface area contributed by atoms with Crippen molar-refractivity contribution in [2.45, 2.75) is 32.2 Å². The van der Waals surface area contributed by atoms with E-state index in [0.29, 0.717) is 6.04 Å². The van der Waals surface area contributed by atoms with Crippen molar-refractivity contribution in [2.75, 3.05) is 25.4 Å². The van der Waals surface area contributed by atoms with Crippen LogP contribution in [-0.4, -0.2) is 39.1 Å². The molecule has 2 N–H and O–H groups in total. The third kappa shape index (κ3) is 2.93. The van der Waals surface area contributed by atoms with Crippen LogP contribution in [0.25, 0.3) is 11.3 Å². The van der Waals surface area contributed by atoms with E-state index >= 15 is 0 Å². The molecule has 2 aromatic heterocycles. The van der Waals surface area contributed by atoms with Crippen LogP contribution < -0.4 is 5.73 Å². The number of imidazole rings is 1. The first-order valence-corrected chi connectivity index (χ1v) is 7.73. The highest BCUT2D eigenvalue weighted by Gasteiger charge is 2.22. The minimum Gasteiger partial charge on any atom is -0.398 e. The number of anilines is 1. The van der Waals surface area contributed by atoms with Gasteiger partial charge in [-0.05, 0) is 31.9 Å². The number of pyridine rings is 1. The molecule has 5 nitrogen and oxygen atoms in total. The summed E-state index contributed by atoms with van der Waals surface area (Å²) < 4.78 is 2.27. The van der Waals surface area contributed by atoms with E-state index in [9.17, 15) is 0 Å². The second kappa shape index (κ2) is 6.26. The molecule has 5 heteroatoms. The third-order valence-corrected chi connectivity index (χ3v) is 4.29. The molecule has 3 heterocycles. The van der Waals surface area contributed by atoms with Crippen molar-refractivity contribution in [3.63, 3.8) is 0 Å².